The van der Waals surface area contributed by atoms with Gasteiger partial charge in [-0.1, -0.05) is 6.07 Å². The summed E-state index contributed by atoms with van der Waals surface area (Å²) in [6, 6.07) is 7.47. The number of aryl methyl sites for hydroxylation is 1. The standard InChI is InChI=1S/C13H10N2O2/c1-8-3-4-9-10(7-8)17-13(16)11(9)12-14-5-2-6-15-12/h2-7,16H,1H3. The number of hydrogen-bond donors (Lipinski definition) is 1. The van der Waals surface area contributed by atoms with E-state index in [2.05, 4.69) is 9.97 Å². The molecule has 1 N–H and O–H groups in total. The minimum Gasteiger partial charge on any atom is -0.480 e. The van der Waals surface area contributed by atoms with Gasteiger partial charge in [0.1, 0.15) is 11.1 Å². The molecule has 0 aliphatic heterocycles. The quantitative estimate of drug-likeness (QED) is 0.693. The number of furan rings is 1. The fourth-order valence-electron chi connectivity index (χ4n) is 1.84. The fourth-order valence-corrected chi connectivity index (χ4v) is 1.84. The highest BCUT2D eigenvalue weighted by Crippen LogP contribution is 2.37. The average Bonchev–Trinajstić information content (AvgIpc) is 2.65. The van der Waals surface area contributed by atoms with Crippen LogP contribution in [0.25, 0.3) is 22.4 Å². The molecule has 0 amide bonds. The highest BCUT2D eigenvalue weighted by molar-refractivity contribution is 5.95. The zero-order valence-electron chi connectivity index (χ0n) is 9.21. The molecule has 4 heteroatoms. The number of nitrogens with zero attached hydrogens (tertiary/aromatic N) is 2. The fraction of sp³-hybridized carbons (Fsp3) is 0.0769. The van der Waals surface area contributed by atoms with E-state index < -0.39 is 0 Å². The van der Waals surface area contributed by atoms with Crippen LogP contribution >= 0.6 is 0 Å². The van der Waals surface area contributed by atoms with Gasteiger partial charge in [-0.05, 0) is 30.7 Å². The Balaban J connectivity index is 2.33. The van der Waals surface area contributed by atoms with Gasteiger partial charge in [0, 0.05) is 17.8 Å². The van der Waals surface area contributed by atoms with Gasteiger partial charge in [-0.3, -0.25) is 0 Å². The zero-order chi connectivity index (χ0) is 11.8. The lowest BCUT2D eigenvalue weighted by Crippen LogP contribution is -1.85. The summed E-state index contributed by atoms with van der Waals surface area (Å²) in [6.07, 6.45) is 3.27. The first-order valence-corrected chi connectivity index (χ1v) is 5.25. The molecule has 0 saturated heterocycles. The van der Waals surface area contributed by atoms with Crippen LogP contribution in [0.5, 0.6) is 5.95 Å². The Bertz CT molecular complexity index is 674. The molecule has 2 aromatic heterocycles. The second kappa shape index (κ2) is 3.59. The number of aromatic nitrogens is 2. The first-order valence-electron chi connectivity index (χ1n) is 5.25. The van der Waals surface area contributed by atoms with Crippen molar-refractivity contribution in [1.29, 1.82) is 0 Å². The van der Waals surface area contributed by atoms with Crippen molar-refractivity contribution < 1.29 is 9.52 Å². The van der Waals surface area contributed by atoms with Crippen molar-refractivity contribution in [2.45, 2.75) is 6.92 Å². The van der Waals surface area contributed by atoms with Crippen molar-refractivity contribution in [2.24, 2.45) is 0 Å². The maximum Gasteiger partial charge on any atom is 0.294 e. The van der Waals surface area contributed by atoms with Crippen LogP contribution in [-0.2, 0) is 0 Å². The van der Waals surface area contributed by atoms with E-state index in [9.17, 15) is 5.11 Å². The predicted octanol–water partition coefficient (Wildman–Crippen LogP) is 2.90. The Morgan fingerprint density at radius 1 is 1.18 bits per heavy atom. The van der Waals surface area contributed by atoms with Crippen LogP contribution in [0.4, 0.5) is 0 Å². The van der Waals surface area contributed by atoms with Gasteiger partial charge in [0.2, 0.25) is 0 Å². The maximum atomic E-state index is 9.83. The summed E-state index contributed by atoms with van der Waals surface area (Å²) in [5.74, 6) is 0.324. The molecular formula is C13H10N2O2. The lowest BCUT2D eigenvalue weighted by Gasteiger charge is -1.96. The molecule has 0 fully saturated rings. The summed E-state index contributed by atoms with van der Waals surface area (Å²) in [4.78, 5) is 8.25. The molecule has 3 aromatic rings. The van der Waals surface area contributed by atoms with E-state index in [4.69, 9.17) is 4.42 Å². The molecule has 0 atom stereocenters. The van der Waals surface area contributed by atoms with Crippen LogP contribution in [-0.4, -0.2) is 15.1 Å². The molecule has 17 heavy (non-hydrogen) atoms. The molecule has 2 heterocycles. The van der Waals surface area contributed by atoms with Gasteiger partial charge < -0.3 is 9.52 Å². The second-order valence-electron chi connectivity index (χ2n) is 3.85. The highest BCUT2D eigenvalue weighted by Gasteiger charge is 2.17. The summed E-state index contributed by atoms with van der Waals surface area (Å²) in [5.41, 5.74) is 2.26. The molecule has 0 aliphatic carbocycles. The molecule has 0 aliphatic rings. The van der Waals surface area contributed by atoms with Gasteiger partial charge in [-0.15, -0.1) is 0 Å². The Labute approximate surface area is 97.6 Å². The Morgan fingerprint density at radius 2 is 1.94 bits per heavy atom. The van der Waals surface area contributed by atoms with E-state index in [-0.39, 0.29) is 5.95 Å². The minimum absolute atomic E-state index is 0.142. The SMILES string of the molecule is Cc1ccc2c(-c3ncccn3)c(O)oc2c1. The van der Waals surface area contributed by atoms with E-state index in [0.717, 1.165) is 10.9 Å². The van der Waals surface area contributed by atoms with Crippen molar-refractivity contribution >= 4 is 11.0 Å². The molecule has 1 aromatic carbocycles. The van der Waals surface area contributed by atoms with Crippen molar-refractivity contribution in [3.05, 3.63) is 42.2 Å². The monoisotopic (exact) mass is 226 g/mol. The zero-order valence-corrected chi connectivity index (χ0v) is 9.21. The smallest absolute Gasteiger partial charge is 0.294 e. The lowest BCUT2D eigenvalue weighted by atomic mass is 10.1. The Morgan fingerprint density at radius 3 is 2.71 bits per heavy atom. The largest absolute Gasteiger partial charge is 0.480 e. The van der Waals surface area contributed by atoms with Gasteiger partial charge in [-0.25, -0.2) is 9.97 Å². The van der Waals surface area contributed by atoms with E-state index >= 15 is 0 Å². The molecule has 0 bridgehead atoms. The Kier molecular flexibility index (Phi) is 2.08. The molecule has 0 spiro atoms. The number of benzene rings is 1. The molecule has 3 rings (SSSR count). The van der Waals surface area contributed by atoms with E-state index in [1.807, 2.05) is 25.1 Å². The van der Waals surface area contributed by atoms with Crippen LogP contribution in [0.1, 0.15) is 5.56 Å². The first-order chi connectivity index (χ1) is 8.25. The summed E-state index contributed by atoms with van der Waals surface area (Å²) in [7, 11) is 0. The van der Waals surface area contributed by atoms with Crippen molar-refractivity contribution in [3.8, 4) is 17.3 Å². The van der Waals surface area contributed by atoms with E-state index in [1.54, 1.807) is 18.5 Å². The topological polar surface area (TPSA) is 59.2 Å². The van der Waals surface area contributed by atoms with Gasteiger partial charge in [-0.2, -0.15) is 0 Å². The predicted molar refractivity (Wildman–Crippen MR) is 63.6 cm³/mol. The van der Waals surface area contributed by atoms with Gasteiger partial charge >= 0.3 is 0 Å². The van der Waals surface area contributed by atoms with Crippen molar-refractivity contribution in [1.82, 2.24) is 9.97 Å². The third-order valence-corrected chi connectivity index (χ3v) is 2.62. The maximum absolute atomic E-state index is 9.83. The normalized spacial score (nSPS) is 10.9. The number of rotatable bonds is 1. The molecule has 4 nitrogen and oxygen atoms in total. The van der Waals surface area contributed by atoms with Crippen molar-refractivity contribution in [3.63, 3.8) is 0 Å². The second-order valence-corrected chi connectivity index (χ2v) is 3.85. The minimum atomic E-state index is -0.142. The van der Waals surface area contributed by atoms with Gasteiger partial charge in [0.25, 0.3) is 5.95 Å². The van der Waals surface area contributed by atoms with Gasteiger partial charge in [0.15, 0.2) is 5.82 Å². The molecular weight excluding hydrogens is 216 g/mol. The van der Waals surface area contributed by atoms with E-state index in [0.29, 0.717) is 17.0 Å². The number of hydrogen-bond acceptors (Lipinski definition) is 4. The number of fused-ring (bicyclic) bond motifs is 1. The lowest BCUT2D eigenvalue weighted by molar-refractivity contribution is 0.348. The van der Waals surface area contributed by atoms with Crippen LogP contribution in [0.15, 0.2) is 41.1 Å². The summed E-state index contributed by atoms with van der Waals surface area (Å²) in [5, 5.41) is 10.7. The average molecular weight is 226 g/mol. The van der Waals surface area contributed by atoms with Crippen molar-refractivity contribution in [2.75, 3.05) is 0 Å². The van der Waals surface area contributed by atoms with Crippen LogP contribution in [0.3, 0.4) is 0 Å². The summed E-state index contributed by atoms with van der Waals surface area (Å²) < 4.78 is 5.31. The van der Waals surface area contributed by atoms with E-state index in [1.165, 1.54) is 0 Å². The highest BCUT2D eigenvalue weighted by atomic mass is 16.5. The Hall–Kier alpha value is -2.36. The third-order valence-electron chi connectivity index (χ3n) is 2.62. The molecule has 0 unspecified atom stereocenters. The van der Waals surface area contributed by atoms with Gasteiger partial charge in [0.05, 0.1) is 0 Å². The first kappa shape index (κ1) is 9.84. The van der Waals surface area contributed by atoms with Crippen LogP contribution < -0.4 is 0 Å². The van der Waals surface area contributed by atoms with Crippen LogP contribution in [0, 0.1) is 6.92 Å². The summed E-state index contributed by atoms with van der Waals surface area (Å²) >= 11 is 0. The molecule has 84 valence electrons. The third kappa shape index (κ3) is 1.54. The van der Waals surface area contributed by atoms with Crippen LogP contribution in [0.2, 0.25) is 0 Å². The summed E-state index contributed by atoms with van der Waals surface area (Å²) in [6.45, 7) is 1.97. The number of aromatic hydroxyl groups is 1. The molecule has 0 saturated carbocycles. The molecule has 0 radical (unpaired) electrons.